The van der Waals surface area contributed by atoms with Gasteiger partial charge in [0.05, 0.1) is 7.11 Å². The second kappa shape index (κ2) is 8.67. The maximum atomic E-state index is 13.2. The smallest absolute Gasteiger partial charge is 0.409 e. The molecule has 1 aromatic rings. The summed E-state index contributed by atoms with van der Waals surface area (Å²) in [4.78, 5) is 13.4. The molecule has 0 bridgehead atoms. The molecule has 2 aliphatic heterocycles. The molecule has 0 spiro atoms. The SMILES string of the molecule is COc1ccc(NC(=O)O)cc1S(=O)(=O)N1CCC(N2CCC(C)CC2)CC1. The number of carbonyl (C=O) groups is 1. The van der Waals surface area contributed by atoms with Crippen LogP contribution in [0.15, 0.2) is 23.1 Å². The second-order valence-corrected chi connectivity index (χ2v) is 9.56. The average molecular weight is 412 g/mol. The van der Waals surface area contributed by atoms with E-state index in [2.05, 4.69) is 17.1 Å². The Balaban J connectivity index is 1.72. The van der Waals surface area contributed by atoms with Crippen molar-refractivity contribution in [2.75, 3.05) is 38.6 Å². The highest BCUT2D eigenvalue weighted by Gasteiger charge is 2.34. The van der Waals surface area contributed by atoms with Crippen LogP contribution in [0.4, 0.5) is 10.5 Å². The van der Waals surface area contributed by atoms with Crippen molar-refractivity contribution in [1.82, 2.24) is 9.21 Å². The lowest BCUT2D eigenvalue weighted by atomic mass is 9.95. The van der Waals surface area contributed by atoms with Crippen molar-refractivity contribution in [2.24, 2.45) is 5.92 Å². The number of nitrogens with zero attached hydrogens (tertiary/aromatic N) is 2. The average Bonchev–Trinajstić information content (AvgIpc) is 2.68. The number of sulfonamides is 1. The van der Waals surface area contributed by atoms with E-state index in [0.717, 1.165) is 31.8 Å². The number of benzene rings is 1. The van der Waals surface area contributed by atoms with Crippen molar-refractivity contribution in [1.29, 1.82) is 0 Å². The normalized spacial score (nSPS) is 20.8. The predicted molar refractivity (Wildman–Crippen MR) is 106 cm³/mol. The Morgan fingerprint density at radius 1 is 1.14 bits per heavy atom. The van der Waals surface area contributed by atoms with Crippen LogP contribution in [0.3, 0.4) is 0 Å². The van der Waals surface area contributed by atoms with E-state index < -0.39 is 16.1 Å². The summed E-state index contributed by atoms with van der Waals surface area (Å²) < 4.78 is 33.1. The number of nitrogens with one attached hydrogen (secondary N) is 1. The van der Waals surface area contributed by atoms with Crippen molar-refractivity contribution >= 4 is 21.8 Å². The van der Waals surface area contributed by atoms with E-state index in [4.69, 9.17) is 9.84 Å². The first-order chi connectivity index (χ1) is 13.3. The van der Waals surface area contributed by atoms with Gasteiger partial charge in [-0.25, -0.2) is 13.2 Å². The minimum atomic E-state index is -3.77. The van der Waals surface area contributed by atoms with Crippen LogP contribution >= 0.6 is 0 Å². The number of piperidine rings is 2. The Morgan fingerprint density at radius 3 is 2.36 bits per heavy atom. The van der Waals surface area contributed by atoms with Crippen molar-refractivity contribution in [3.63, 3.8) is 0 Å². The number of amides is 1. The summed E-state index contributed by atoms with van der Waals surface area (Å²) in [6.45, 7) is 5.38. The van der Waals surface area contributed by atoms with Gasteiger partial charge in [0, 0.05) is 24.8 Å². The highest BCUT2D eigenvalue weighted by molar-refractivity contribution is 7.89. The minimum Gasteiger partial charge on any atom is -0.495 e. The molecule has 0 radical (unpaired) electrons. The lowest BCUT2D eigenvalue weighted by molar-refractivity contribution is 0.101. The van der Waals surface area contributed by atoms with Crippen molar-refractivity contribution in [3.8, 4) is 5.75 Å². The third kappa shape index (κ3) is 4.59. The molecule has 0 unspecified atom stereocenters. The van der Waals surface area contributed by atoms with Gasteiger partial charge in [0.15, 0.2) is 0 Å². The van der Waals surface area contributed by atoms with Gasteiger partial charge in [-0.2, -0.15) is 4.31 Å². The summed E-state index contributed by atoms with van der Waals surface area (Å²) in [7, 11) is -2.36. The van der Waals surface area contributed by atoms with Gasteiger partial charge in [-0.1, -0.05) is 6.92 Å². The van der Waals surface area contributed by atoms with Crippen molar-refractivity contribution in [3.05, 3.63) is 18.2 Å². The summed E-state index contributed by atoms with van der Waals surface area (Å²) >= 11 is 0. The van der Waals surface area contributed by atoms with E-state index in [1.165, 1.54) is 42.5 Å². The van der Waals surface area contributed by atoms with Crippen LogP contribution in [0.1, 0.15) is 32.6 Å². The molecule has 8 nitrogen and oxygen atoms in total. The molecule has 156 valence electrons. The van der Waals surface area contributed by atoms with Crippen molar-refractivity contribution in [2.45, 2.75) is 43.5 Å². The number of methoxy groups -OCH3 is 1. The Bertz CT molecular complexity index is 798. The zero-order valence-electron chi connectivity index (χ0n) is 16.4. The Labute approximate surface area is 166 Å². The van der Waals surface area contributed by atoms with Crippen LogP contribution in [0.2, 0.25) is 0 Å². The summed E-state index contributed by atoms with van der Waals surface area (Å²) in [6, 6.07) is 4.70. The highest BCUT2D eigenvalue weighted by Crippen LogP contribution is 2.32. The highest BCUT2D eigenvalue weighted by atomic mass is 32.2. The first kappa shape index (κ1) is 20.9. The Hall–Kier alpha value is -1.84. The predicted octanol–water partition coefficient (Wildman–Crippen LogP) is 2.67. The lowest BCUT2D eigenvalue weighted by Gasteiger charge is -2.41. The standard InChI is InChI=1S/C19H29N3O5S/c1-14-5-9-21(10-6-14)16-7-11-22(12-8-16)28(25,26)18-13-15(20-19(23)24)3-4-17(18)27-2/h3-4,13-14,16,20H,5-12H2,1-2H3,(H,23,24). The van der Waals surface area contributed by atoms with Gasteiger partial charge in [-0.15, -0.1) is 0 Å². The molecule has 2 N–H and O–H groups in total. The topological polar surface area (TPSA) is 99.2 Å². The number of hydrogen-bond acceptors (Lipinski definition) is 5. The fraction of sp³-hybridized carbons (Fsp3) is 0.632. The third-order valence-corrected chi connectivity index (χ3v) is 7.71. The van der Waals surface area contributed by atoms with Gasteiger partial charge in [0.25, 0.3) is 0 Å². The van der Waals surface area contributed by atoms with Gasteiger partial charge >= 0.3 is 6.09 Å². The van der Waals surface area contributed by atoms with E-state index in [-0.39, 0.29) is 16.3 Å². The number of anilines is 1. The number of rotatable bonds is 5. The maximum Gasteiger partial charge on any atom is 0.409 e. The molecule has 2 heterocycles. The van der Waals surface area contributed by atoms with E-state index in [1.807, 2.05) is 0 Å². The molecule has 2 aliphatic rings. The monoisotopic (exact) mass is 411 g/mol. The van der Waals surface area contributed by atoms with Crippen LogP contribution in [0.25, 0.3) is 0 Å². The van der Waals surface area contributed by atoms with Crippen LogP contribution in [0, 0.1) is 5.92 Å². The number of hydrogen-bond donors (Lipinski definition) is 2. The van der Waals surface area contributed by atoms with E-state index in [9.17, 15) is 13.2 Å². The number of ether oxygens (including phenoxy) is 1. The zero-order valence-corrected chi connectivity index (χ0v) is 17.2. The lowest BCUT2D eigenvalue weighted by Crippen LogP contribution is -2.48. The summed E-state index contributed by atoms with van der Waals surface area (Å²) in [6.07, 6.45) is 2.79. The molecule has 2 saturated heterocycles. The molecule has 1 aromatic carbocycles. The molecular weight excluding hydrogens is 382 g/mol. The minimum absolute atomic E-state index is 0.00787. The molecule has 1 amide bonds. The largest absolute Gasteiger partial charge is 0.495 e. The number of carboxylic acid groups (broad SMARTS) is 1. The van der Waals surface area contributed by atoms with Crippen LogP contribution in [0.5, 0.6) is 5.75 Å². The molecule has 2 fully saturated rings. The Morgan fingerprint density at radius 2 is 1.79 bits per heavy atom. The first-order valence-electron chi connectivity index (χ1n) is 9.73. The maximum absolute atomic E-state index is 13.2. The molecule has 0 atom stereocenters. The first-order valence-corrected chi connectivity index (χ1v) is 11.2. The molecular formula is C19H29N3O5S. The molecule has 28 heavy (non-hydrogen) atoms. The molecule has 0 aliphatic carbocycles. The quantitative estimate of drug-likeness (QED) is 0.773. The summed E-state index contributed by atoms with van der Waals surface area (Å²) in [5.41, 5.74) is 0.198. The second-order valence-electron chi connectivity index (χ2n) is 7.65. The molecule has 9 heteroatoms. The molecule has 0 aromatic heterocycles. The summed E-state index contributed by atoms with van der Waals surface area (Å²) in [5, 5.41) is 11.1. The molecule has 0 saturated carbocycles. The van der Waals surface area contributed by atoms with Gasteiger partial charge in [-0.05, 0) is 62.9 Å². The fourth-order valence-corrected chi connectivity index (χ4v) is 5.71. The van der Waals surface area contributed by atoms with Gasteiger partial charge in [-0.3, -0.25) is 5.32 Å². The third-order valence-electron chi connectivity index (χ3n) is 5.79. The van der Waals surface area contributed by atoms with E-state index in [0.29, 0.717) is 19.1 Å². The van der Waals surface area contributed by atoms with Crippen LogP contribution in [-0.4, -0.2) is 68.2 Å². The summed E-state index contributed by atoms with van der Waals surface area (Å²) in [5.74, 6) is 0.985. The Kier molecular flexibility index (Phi) is 6.47. The van der Waals surface area contributed by atoms with E-state index >= 15 is 0 Å². The van der Waals surface area contributed by atoms with Crippen LogP contribution in [-0.2, 0) is 10.0 Å². The zero-order chi connectivity index (χ0) is 20.3. The van der Waals surface area contributed by atoms with Crippen LogP contribution < -0.4 is 10.1 Å². The number of likely N-dealkylation sites (tertiary alicyclic amines) is 1. The van der Waals surface area contributed by atoms with Gasteiger partial charge in [0.1, 0.15) is 10.6 Å². The van der Waals surface area contributed by atoms with Gasteiger partial charge in [0.2, 0.25) is 10.0 Å². The van der Waals surface area contributed by atoms with E-state index in [1.54, 1.807) is 0 Å². The fourth-order valence-electron chi connectivity index (χ4n) is 4.06. The van der Waals surface area contributed by atoms with Crippen molar-refractivity contribution < 1.29 is 23.1 Å². The molecule has 3 rings (SSSR count). The van der Waals surface area contributed by atoms with Gasteiger partial charge < -0.3 is 14.7 Å².